The van der Waals surface area contributed by atoms with Crippen molar-refractivity contribution in [1.29, 1.82) is 0 Å². The largest absolute Gasteiger partial charge is 0.444 e. The predicted octanol–water partition coefficient (Wildman–Crippen LogP) is 6.83. The highest BCUT2D eigenvalue weighted by Gasteiger charge is 2.39. The van der Waals surface area contributed by atoms with Crippen LogP contribution in [0.2, 0.25) is 0 Å². The Labute approximate surface area is 221 Å². The Bertz CT molecular complexity index is 1190. The third-order valence-electron chi connectivity index (χ3n) is 6.35. The summed E-state index contributed by atoms with van der Waals surface area (Å²) in [5.41, 5.74) is -2.99. The van der Waals surface area contributed by atoms with E-state index in [-0.39, 0.29) is 31.1 Å². The van der Waals surface area contributed by atoms with Crippen LogP contribution in [-0.2, 0) is 28.4 Å². The first kappa shape index (κ1) is 30.2. The maximum absolute atomic E-state index is 13.8. The Morgan fingerprint density at radius 1 is 0.974 bits per heavy atom. The zero-order valence-corrected chi connectivity index (χ0v) is 21.8. The van der Waals surface area contributed by atoms with Gasteiger partial charge in [-0.1, -0.05) is 6.07 Å². The molecule has 2 amide bonds. The van der Waals surface area contributed by atoms with Gasteiger partial charge in [-0.3, -0.25) is 4.79 Å². The number of alkyl halides is 6. The van der Waals surface area contributed by atoms with Crippen LogP contribution >= 0.6 is 0 Å². The van der Waals surface area contributed by atoms with Gasteiger partial charge in [-0.05, 0) is 81.1 Å². The maximum atomic E-state index is 13.8. The van der Waals surface area contributed by atoms with Gasteiger partial charge in [0.05, 0.1) is 11.1 Å². The summed E-state index contributed by atoms with van der Waals surface area (Å²) in [6, 6.07) is 5.12. The molecule has 0 spiro atoms. The van der Waals surface area contributed by atoms with Crippen LogP contribution in [0.25, 0.3) is 0 Å². The second kappa shape index (κ2) is 11.1. The number of hydrogen-bond donors (Lipinski definition) is 1. The third-order valence-corrected chi connectivity index (χ3v) is 6.35. The van der Waals surface area contributed by atoms with Crippen molar-refractivity contribution < 1.29 is 45.1 Å². The van der Waals surface area contributed by atoms with Crippen LogP contribution in [0, 0.1) is 18.7 Å². The number of nitrogens with one attached hydrogen (secondary N) is 1. The third kappa shape index (κ3) is 7.86. The molecule has 3 rings (SSSR count). The van der Waals surface area contributed by atoms with E-state index >= 15 is 0 Å². The molecule has 1 heterocycles. The number of amides is 2. The van der Waals surface area contributed by atoms with E-state index in [4.69, 9.17) is 4.74 Å². The van der Waals surface area contributed by atoms with Crippen molar-refractivity contribution in [2.45, 2.75) is 64.5 Å². The molecule has 5 nitrogen and oxygen atoms in total. The number of hydrogen-bond acceptors (Lipinski definition) is 3. The molecule has 2 aromatic rings. The highest BCUT2D eigenvalue weighted by atomic mass is 19.4. The fourth-order valence-corrected chi connectivity index (χ4v) is 4.57. The maximum Gasteiger partial charge on any atom is 0.416 e. The van der Waals surface area contributed by atoms with Crippen LogP contribution in [0.4, 0.5) is 35.5 Å². The van der Waals surface area contributed by atoms with Gasteiger partial charge in [0.1, 0.15) is 11.4 Å². The van der Waals surface area contributed by atoms with E-state index < -0.39 is 65.3 Å². The summed E-state index contributed by atoms with van der Waals surface area (Å²) in [6.07, 6.45) is -10.5. The average molecular weight is 563 g/mol. The summed E-state index contributed by atoms with van der Waals surface area (Å²) in [7, 11) is 0. The molecule has 0 saturated carbocycles. The van der Waals surface area contributed by atoms with Gasteiger partial charge in [0.15, 0.2) is 0 Å². The van der Waals surface area contributed by atoms with Crippen molar-refractivity contribution in [2.24, 2.45) is 5.92 Å². The monoisotopic (exact) mass is 562 g/mol. The van der Waals surface area contributed by atoms with Gasteiger partial charge >= 0.3 is 18.4 Å². The highest BCUT2D eigenvalue weighted by molar-refractivity contribution is 5.80. The lowest BCUT2D eigenvalue weighted by molar-refractivity contribution is -0.143. The van der Waals surface area contributed by atoms with Crippen molar-refractivity contribution in [1.82, 2.24) is 10.2 Å². The van der Waals surface area contributed by atoms with Crippen LogP contribution in [0.3, 0.4) is 0 Å². The molecule has 1 saturated heterocycles. The van der Waals surface area contributed by atoms with Gasteiger partial charge in [-0.2, -0.15) is 26.3 Å². The average Bonchev–Trinajstić information content (AvgIpc) is 2.80. The van der Waals surface area contributed by atoms with Gasteiger partial charge in [-0.15, -0.1) is 0 Å². The summed E-state index contributed by atoms with van der Waals surface area (Å²) < 4.78 is 98.5. The Balaban J connectivity index is 1.86. The molecule has 214 valence electrons. The second-order valence-electron chi connectivity index (χ2n) is 10.6. The number of likely N-dealkylation sites (tertiary alicyclic amines) is 1. The normalized spacial score (nSPS) is 18.6. The topological polar surface area (TPSA) is 58.6 Å². The Morgan fingerprint density at radius 2 is 1.56 bits per heavy atom. The number of benzene rings is 2. The van der Waals surface area contributed by atoms with E-state index in [1.165, 1.54) is 23.1 Å². The minimum Gasteiger partial charge on any atom is -0.444 e. The molecule has 0 bridgehead atoms. The fourth-order valence-electron chi connectivity index (χ4n) is 4.57. The van der Waals surface area contributed by atoms with Crippen molar-refractivity contribution in [3.05, 3.63) is 70.0 Å². The summed E-state index contributed by atoms with van der Waals surface area (Å²) in [5, 5.41) is 2.46. The van der Waals surface area contributed by atoms with Gasteiger partial charge in [-0.25, -0.2) is 9.18 Å². The van der Waals surface area contributed by atoms with Crippen molar-refractivity contribution >= 4 is 12.0 Å². The lowest BCUT2D eigenvalue weighted by atomic mass is 9.78. The van der Waals surface area contributed by atoms with Gasteiger partial charge in [0, 0.05) is 31.5 Å². The Kier molecular flexibility index (Phi) is 8.57. The quantitative estimate of drug-likeness (QED) is 0.416. The first-order valence-corrected chi connectivity index (χ1v) is 12.1. The minimum atomic E-state index is -5.01. The van der Waals surface area contributed by atoms with Crippen molar-refractivity contribution in [2.75, 3.05) is 13.1 Å². The van der Waals surface area contributed by atoms with Crippen LogP contribution in [-0.4, -0.2) is 35.6 Å². The molecule has 2 aromatic carbocycles. The summed E-state index contributed by atoms with van der Waals surface area (Å²) >= 11 is 0. The summed E-state index contributed by atoms with van der Waals surface area (Å²) in [4.78, 5) is 27.4. The number of aryl methyl sites for hydroxylation is 1. The van der Waals surface area contributed by atoms with E-state index in [0.717, 1.165) is 0 Å². The smallest absolute Gasteiger partial charge is 0.416 e. The van der Waals surface area contributed by atoms with Crippen LogP contribution in [0.1, 0.15) is 60.9 Å². The molecular formula is C27H29F7N2O3. The molecule has 1 N–H and O–H groups in total. The van der Waals surface area contributed by atoms with E-state index in [1.54, 1.807) is 27.7 Å². The second-order valence-corrected chi connectivity index (χ2v) is 10.6. The number of carbonyl (C=O) groups excluding carboxylic acids is 2. The van der Waals surface area contributed by atoms with Crippen LogP contribution in [0.15, 0.2) is 36.4 Å². The van der Waals surface area contributed by atoms with Crippen molar-refractivity contribution in [3.63, 3.8) is 0 Å². The van der Waals surface area contributed by atoms with E-state index in [0.29, 0.717) is 23.3 Å². The first-order chi connectivity index (χ1) is 17.8. The lowest BCUT2D eigenvalue weighted by Crippen LogP contribution is -2.48. The Morgan fingerprint density at radius 3 is 2.08 bits per heavy atom. The number of carbonyl (C=O) groups is 2. The fraction of sp³-hybridized carbons (Fsp3) is 0.481. The summed E-state index contributed by atoms with van der Waals surface area (Å²) in [5.74, 6) is -2.53. The van der Waals surface area contributed by atoms with Gasteiger partial charge in [0.2, 0.25) is 5.91 Å². The summed E-state index contributed by atoms with van der Waals surface area (Å²) in [6.45, 7) is 6.33. The van der Waals surface area contributed by atoms with Crippen molar-refractivity contribution in [3.8, 4) is 0 Å². The molecule has 2 atom stereocenters. The standard InChI is InChI=1S/C27H29F7N2O3/c1-15-9-19(28)5-6-20(15)22-14-36(24(38)39-25(2,3)4)8-7-21(22)23(37)35-13-16-10-17(26(29,30)31)12-18(11-16)27(32,33)34/h5-6,9-12,21-22H,7-8,13-14H2,1-4H3,(H,35,37)/t21-,22-/m0/s1. The van der Waals surface area contributed by atoms with Gasteiger partial charge < -0.3 is 15.0 Å². The molecule has 0 radical (unpaired) electrons. The molecule has 1 aliphatic rings. The number of nitrogens with zero attached hydrogens (tertiary/aromatic N) is 1. The van der Waals surface area contributed by atoms with Crippen LogP contribution in [0.5, 0.6) is 0 Å². The highest BCUT2D eigenvalue weighted by Crippen LogP contribution is 2.37. The van der Waals surface area contributed by atoms with Gasteiger partial charge in [0.25, 0.3) is 0 Å². The Hall–Kier alpha value is -3.31. The zero-order valence-electron chi connectivity index (χ0n) is 21.8. The van der Waals surface area contributed by atoms with E-state index in [9.17, 15) is 40.3 Å². The molecule has 39 heavy (non-hydrogen) atoms. The number of ether oxygens (including phenoxy) is 1. The number of piperidine rings is 1. The first-order valence-electron chi connectivity index (χ1n) is 12.1. The zero-order chi connectivity index (χ0) is 29.3. The molecule has 0 aromatic heterocycles. The SMILES string of the molecule is Cc1cc(F)ccc1[C@@H]1CN(C(=O)OC(C)(C)C)CC[C@@H]1C(=O)NCc1cc(C(F)(F)F)cc(C(F)(F)F)c1. The molecule has 12 heteroatoms. The molecule has 0 aliphatic carbocycles. The number of rotatable bonds is 4. The lowest BCUT2D eigenvalue weighted by Gasteiger charge is -2.39. The molecule has 0 unspecified atom stereocenters. The molecule has 1 fully saturated rings. The van der Waals surface area contributed by atoms with E-state index in [2.05, 4.69) is 5.32 Å². The van der Waals surface area contributed by atoms with Crippen LogP contribution < -0.4 is 5.32 Å². The minimum absolute atomic E-state index is 0.0189. The number of halogens is 7. The van der Waals surface area contributed by atoms with E-state index in [1.807, 2.05) is 0 Å². The predicted molar refractivity (Wildman–Crippen MR) is 128 cm³/mol. The molecule has 1 aliphatic heterocycles. The molecular weight excluding hydrogens is 533 g/mol.